The lowest BCUT2D eigenvalue weighted by Gasteiger charge is -2.33. The molecule has 2 fully saturated rings. The van der Waals surface area contributed by atoms with E-state index in [1.165, 1.54) is 24.3 Å². The van der Waals surface area contributed by atoms with E-state index < -0.39 is 52.1 Å². The average molecular weight is 936 g/mol. The van der Waals surface area contributed by atoms with Crippen LogP contribution in [0.3, 0.4) is 0 Å². The number of benzene rings is 3. The molecule has 0 unspecified atom stereocenters. The zero-order valence-electron chi connectivity index (χ0n) is 31.0. The minimum absolute atomic E-state index is 0.0223. The van der Waals surface area contributed by atoms with Crippen molar-refractivity contribution in [3.05, 3.63) is 63.2 Å². The van der Waals surface area contributed by atoms with Gasteiger partial charge in [0.2, 0.25) is 31.8 Å². The van der Waals surface area contributed by atoms with Gasteiger partial charge in [-0.15, -0.1) is 0 Å². The van der Waals surface area contributed by atoms with Crippen LogP contribution in [-0.4, -0.2) is 87.5 Å². The van der Waals surface area contributed by atoms with Crippen molar-refractivity contribution in [3.8, 4) is 5.75 Å². The number of nitrogens with two attached hydrogens (primary N) is 1. The molecule has 4 heterocycles. The Morgan fingerprint density at radius 3 is 1.40 bits per heavy atom. The van der Waals surface area contributed by atoms with Crippen molar-refractivity contribution in [3.63, 3.8) is 0 Å². The molecular formula is C34H37Cl4F2N5O9S3. The Kier molecular flexibility index (Phi) is 12.6. The summed E-state index contributed by atoms with van der Waals surface area (Å²) >= 11 is 17.7. The monoisotopic (exact) mass is 933 g/mol. The van der Waals surface area contributed by atoms with Crippen LogP contribution >= 0.6 is 45.5 Å². The Balaban J connectivity index is 0.000000165. The SMILES string of the molecule is CC(C)(C)c1nc2ccc(Cl)c(S(=O)(=O)Cl)c2o1.CC(C)(C)c1nc2ccc(Cl)c(S(=O)(=O)N3CC(F)C3)c2o1.Nc1ccc(Cl)c(S(=O)(=O)N2CC(F)C2)c1O. The third-order valence-corrected chi connectivity index (χ3v) is 14.8. The molecule has 0 amide bonds. The molecule has 23 heteroatoms. The van der Waals surface area contributed by atoms with Gasteiger partial charge in [0.1, 0.15) is 38.1 Å². The van der Waals surface area contributed by atoms with Crippen LogP contribution in [0.25, 0.3) is 22.2 Å². The number of phenols is 1. The molecule has 2 saturated heterocycles. The molecule has 14 nitrogen and oxygen atoms in total. The topological polar surface area (TPSA) is 207 Å². The number of sulfonamides is 2. The highest BCUT2D eigenvalue weighted by Gasteiger charge is 2.41. The van der Waals surface area contributed by atoms with Crippen molar-refractivity contribution in [2.24, 2.45) is 0 Å². The molecule has 0 aliphatic carbocycles. The third-order valence-electron chi connectivity index (χ3n) is 8.37. The van der Waals surface area contributed by atoms with E-state index in [9.17, 15) is 39.1 Å². The number of aromatic hydroxyl groups is 1. The lowest BCUT2D eigenvalue weighted by atomic mass is 9.97. The largest absolute Gasteiger partial charge is 0.504 e. The second kappa shape index (κ2) is 15.9. The van der Waals surface area contributed by atoms with E-state index in [-0.39, 0.29) is 78.7 Å². The van der Waals surface area contributed by atoms with Crippen LogP contribution in [0.4, 0.5) is 14.5 Å². The molecule has 0 atom stereocenters. The zero-order chi connectivity index (χ0) is 42.8. The number of alkyl halides is 2. The minimum Gasteiger partial charge on any atom is -0.504 e. The summed E-state index contributed by atoms with van der Waals surface area (Å²) < 4.78 is 111. The van der Waals surface area contributed by atoms with E-state index in [1.807, 2.05) is 41.5 Å². The number of hydrogen-bond donors (Lipinski definition) is 2. The summed E-state index contributed by atoms with van der Waals surface area (Å²) in [4.78, 5) is 7.75. The van der Waals surface area contributed by atoms with Crippen molar-refractivity contribution in [1.29, 1.82) is 0 Å². The second-order valence-corrected chi connectivity index (χ2v) is 22.6. The molecular weight excluding hydrogens is 898 g/mol. The smallest absolute Gasteiger partial charge is 0.266 e. The van der Waals surface area contributed by atoms with Gasteiger partial charge < -0.3 is 19.7 Å². The zero-order valence-corrected chi connectivity index (χ0v) is 36.5. The van der Waals surface area contributed by atoms with Gasteiger partial charge in [0.05, 0.1) is 20.8 Å². The number of aromatic nitrogens is 2. The van der Waals surface area contributed by atoms with Gasteiger partial charge >= 0.3 is 0 Å². The van der Waals surface area contributed by atoms with Gasteiger partial charge in [-0.1, -0.05) is 76.3 Å². The Labute approximate surface area is 347 Å². The van der Waals surface area contributed by atoms with Crippen molar-refractivity contribution in [2.75, 3.05) is 31.9 Å². The number of hydrogen-bond acceptors (Lipinski definition) is 12. The van der Waals surface area contributed by atoms with Crippen LogP contribution in [0.2, 0.25) is 15.1 Å². The van der Waals surface area contributed by atoms with Gasteiger partial charge in [-0.05, 0) is 36.4 Å². The first kappa shape index (κ1) is 45.1. The molecule has 2 aliphatic heterocycles. The van der Waals surface area contributed by atoms with E-state index >= 15 is 0 Å². The molecule has 2 aromatic heterocycles. The van der Waals surface area contributed by atoms with Crippen LogP contribution in [0.15, 0.2) is 59.9 Å². The average Bonchev–Trinajstić information content (AvgIpc) is 3.68. The maximum absolute atomic E-state index is 13.0. The number of oxazole rings is 2. The highest BCUT2D eigenvalue weighted by molar-refractivity contribution is 8.14. The predicted molar refractivity (Wildman–Crippen MR) is 213 cm³/mol. The summed E-state index contributed by atoms with van der Waals surface area (Å²) in [6, 6.07) is 8.69. The normalized spacial score (nSPS) is 16.4. The molecule has 57 heavy (non-hydrogen) atoms. The van der Waals surface area contributed by atoms with Gasteiger partial charge in [-0.3, -0.25) is 0 Å². The number of nitrogen functional groups attached to an aromatic ring is 1. The molecule has 0 spiro atoms. The molecule has 2 aliphatic rings. The van der Waals surface area contributed by atoms with Crippen molar-refractivity contribution < 1.29 is 48.0 Å². The number of nitrogens with zero attached hydrogens (tertiary/aromatic N) is 4. The lowest BCUT2D eigenvalue weighted by Crippen LogP contribution is -2.51. The van der Waals surface area contributed by atoms with Gasteiger partial charge in [0.15, 0.2) is 16.9 Å². The Bertz CT molecular complexity index is 2690. The van der Waals surface area contributed by atoms with Crippen LogP contribution in [-0.2, 0) is 39.9 Å². The van der Waals surface area contributed by atoms with Crippen molar-refractivity contribution >= 4 is 102 Å². The van der Waals surface area contributed by atoms with E-state index in [1.54, 1.807) is 12.1 Å². The molecule has 312 valence electrons. The summed E-state index contributed by atoms with van der Waals surface area (Å²) in [5, 5.41) is 9.57. The van der Waals surface area contributed by atoms with Gasteiger partial charge in [-0.2, -0.15) is 8.61 Å². The quantitative estimate of drug-likeness (QED) is 0.0984. The summed E-state index contributed by atoms with van der Waals surface area (Å²) in [5.74, 6) is 0.259. The standard InChI is InChI=1S/C14H16ClFN2O3S.C11H11Cl2NO3S.C9H10ClFN2O3S/c1-14(2,3)13-17-10-5-4-9(15)12(11(10)21-13)22(19,20)18-6-8(16)7-18;1-11(2,3)10-14-7-5-4-6(12)9(8(7)17-10)18(13,15)16;10-6-1-2-7(12)8(14)9(6)17(15,16)13-3-5(11)4-13/h4-5,8H,6-7H2,1-3H3;4-5H,1-3H3;1-2,5,14H,3-4,12H2. The first-order valence-electron chi connectivity index (χ1n) is 16.7. The Morgan fingerprint density at radius 1 is 0.667 bits per heavy atom. The first-order valence-corrected chi connectivity index (χ1v) is 23.1. The molecule has 0 bridgehead atoms. The van der Waals surface area contributed by atoms with E-state index in [4.69, 9.17) is 60.1 Å². The molecule has 3 N–H and O–H groups in total. The number of halogens is 6. The van der Waals surface area contributed by atoms with Crippen LogP contribution in [0, 0.1) is 0 Å². The molecule has 5 aromatic rings. The number of phenolic OH excluding ortho intramolecular Hbond substituents is 1. The van der Waals surface area contributed by atoms with Crippen LogP contribution in [0.1, 0.15) is 53.3 Å². The summed E-state index contributed by atoms with van der Waals surface area (Å²) in [6.45, 7) is 10.7. The van der Waals surface area contributed by atoms with Crippen LogP contribution in [0.5, 0.6) is 5.75 Å². The minimum atomic E-state index is -3.99. The maximum atomic E-state index is 13.0. The molecule has 0 radical (unpaired) electrons. The highest BCUT2D eigenvalue weighted by atomic mass is 35.7. The highest BCUT2D eigenvalue weighted by Crippen LogP contribution is 2.40. The number of anilines is 1. The number of fused-ring (bicyclic) bond motifs is 2. The third kappa shape index (κ3) is 9.26. The summed E-state index contributed by atoms with van der Waals surface area (Å²) in [5.41, 5.74) is 5.68. The van der Waals surface area contributed by atoms with Gasteiger partial charge in [0.25, 0.3) is 9.05 Å². The van der Waals surface area contributed by atoms with Gasteiger partial charge in [0, 0.05) is 47.7 Å². The van der Waals surface area contributed by atoms with E-state index in [2.05, 4.69) is 9.97 Å². The summed E-state index contributed by atoms with van der Waals surface area (Å²) in [6.07, 6.45) is -2.31. The van der Waals surface area contributed by atoms with Crippen LogP contribution < -0.4 is 5.73 Å². The number of rotatable bonds is 5. The fourth-order valence-corrected chi connectivity index (χ4v) is 11.1. The van der Waals surface area contributed by atoms with Crippen molar-refractivity contribution in [1.82, 2.24) is 18.6 Å². The fourth-order valence-electron chi connectivity index (χ4n) is 5.23. The van der Waals surface area contributed by atoms with E-state index in [0.29, 0.717) is 22.8 Å². The maximum Gasteiger partial charge on any atom is 0.266 e. The van der Waals surface area contributed by atoms with Crippen molar-refractivity contribution in [2.45, 2.75) is 79.4 Å². The second-order valence-electron chi connectivity index (χ2n) is 15.1. The first-order chi connectivity index (χ1) is 26.0. The summed E-state index contributed by atoms with van der Waals surface area (Å²) in [7, 11) is -6.50. The lowest BCUT2D eigenvalue weighted by molar-refractivity contribution is 0.141. The fraction of sp³-hybridized carbons (Fsp3) is 0.412. The Morgan fingerprint density at radius 2 is 1.02 bits per heavy atom. The predicted octanol–water partition coefficient (Wildman–Crippen LogP) is 7.80. The molecule has 7 rings (SSSR count). The molecule has 0 saturated carbocycles. The Hall–Kier alpha value is -3.01. The van der Waals surface area contributed by atoms with E-state index in [0.717, 1.165) is 8.61 Å². The molecule has 3 aromatic carbocycles. The van der Waals surface area contributed by atoms with Gasteiger partial charge in [-0.25, -0.2) is 44.0 Å².